The Labute approximate surface area is 82.6 Å². The van der Waals surface area contributed by atoms with Crippen molar-refractivity contribution in [1.29, 1.82) is 0 Å². The van der Waals surface area contributed by atoms with Crippen LogP contribution in [0.3, 0.4) is 0 Å². The summed E-state index contributed by atoms with van der Waals surface area (Å²) in [6.45, 7) is 0.410. The van der Waals surface area contributed by atoms with Crippen molar-refractivity contribution in [2.75, 3.05) is 20.8 Å². The summed E-state index contributed by atoms with van der Waals surface area (Å²) in [5, 5.41) is 3.95. The first kappa shape index (κ1) is 10.7. The zero-order valence-corrected chi connectivity index (χ0v) is 8.61. The van der Waals surface area contributed by atoms with Crippen molar-refractivity contribution in [3.05, 3.63) is 11.9 Å². The molecule has 14 heavy (non-hydrogen) atoms. The number of ketones is 1. The van der Waals surface area contributed by atoms with E-state index in [-0.39, 0.29) is 5.78 Å². The van der Waals surface area contributed by atoms with Crippen LogP contribution in [0.15, 0.2) is 6.20 Å². The number of hydrogen-bond acceptors (Lipinski definition) is 4. The van der Waals surface area contributed by atoms with Crippen molar-refractivity contribution in [3.63, 3.8) is 0 Å². The molecular formula is C9H14N2O3. The summed E-state index contributed by atoms with van der Waals surface area (Å²) < 4.78 is 11.4. The maximum absolute atomic E-state index is 11.6. The molecule has 0 aliphatic rings. The van der Waals surface area contributed by atoms with E-state index in [1.54, 1.807) is 14.2 Å². The molecule has 0 atom stereocenters. The van der Waals surface area contributed by atoms with Gasteiger partial charge in [-0.05, 0) is 0 Å². The Morgan fingerprint density at radius 2 is 2.29 bits per heavy atom. The zero-order valence-electron chi connectivity index (χ0n) is 8.61. The number of aryl methyl sites for hydroxylation is 1. The molecule has 5 nitrogen and oxygen atoms in total. The first-order valence-electron chi connectivity index (χ1n) is 4.28. The largest absolute Gasteiger partial charge is 0.493 e. The lowest BCUT2D eigenvalue weighted by Gasteiger charge is -2.03. The minimum atomic E-state index is -0.0244. The number of rotatable bonds is 5. The van der Waals surface area contributed by atoms with E-state index in [0.717, 1.165) is 0 Å². The molecule has 0 unspecified atom stereocenters. The van der Waals surface area contributed by atoms with Gasteiger partial charge in [0, 0.05) is 20.6 Å². The summed E-state index contributed by atoms with van der Waals surface area (Å²) in [4.78, 5) is 11.6. The first-order valence-corrected chi connectivity index (χ1v) is 4.28. The van der Waals surface area contributed by atoms with Gasteiger partial charge in [-0.15, -0.1) is 0 Å². The predicted molar refractivity (Wildman–Crippen MR) is 50.6 cm³/mol. The molecule has 0 bridgehead atoms. The lowest BCUT2D eigenvalue weighted by molar-refractivity contribution is 0.0920. The van der Waals surface area contributed by atoms with Crippen LogP contribution in [0.5, 0.6) is 5.75 Å². The third-order valence-electron chi connectivity index (χ3n) is 1.92. The lowest BCUT2D eigenvalue weighted by Crippen LogP contribution is -2.10. The second-order valence-corrected chi connectivity index (χ2v) is 2.85. The molecule has 0 aliphatic heterocycles. The average molecular weight is 198 g/mol. The van der Waals surface area contributed by atoms with Crippen LogP contribution in [0.4, 0.5) is 0 Å². The molecule has 0 spiro atoms. The van der Waals surface area contributed by atoms with Gasteiger partial charge in [-0.25, -0.2) is 0 Å². The molecule has 0 aliphatic carbocycles. The molecule has 1 aromatic rings. The summed E-state index contributed by atoms with van der Waals surface area (Å²) >= 11 is 0. The number of ether oxygens (including phenoxy) is 2. The van der Waals surface area contributed by atoms with Crippen molar-refractivity contribution >= 4 is 5.78 Å². The van der Waals surface area contributed by atoms with Gasteiger partial charge in [0.05, 0.1) is 19.9 Å². The van der Waals surface area contributed by atoms with Crippen LogP contribution in [0.25, 0.3) is 0 Å². The SMILES string of the molecule is COCCC(=O)c1c(OC)cnn1C. The highest BCUT2D eigenvalue weighted by Gasteiger charge is 2.16. The van der Waals surface area contributed by atoms with Crippen LogP contribution < -0.4 is 4.74 Å². The second-order valence-electron chi connectivity index (χ2n) is 2.85. The molecule has 0 radical (unpaired) electrons. The van der Waals surface area contributed by atoms with Crippen LogP contribution in [-0.2, 0) is 11.8 Å². The van der Waals surface area contributed by atoms with Crippen LogP contribution in [0.1, 0.15) is 16.9 Å². The minimum Gasteiger partial charge on any atom is -0.493 e. The van der Waals surface area contributed by atoms with Crippen molar-refractivity contribution in [2.45, 2.75) is 6.42 Å². The normalized spacial score (nSPS) is 10.2. The van der Waals surface area contributed by atoms with Crippen molar-refractivity contribution < 1.29 is 14.3 Å². The number of nitrogens with zero attached hydrogens (tertiary/aromatic N) is 2. The monoisotopic (exact) mass is 198 g/mol. The average Bonchev–Trinajstić information content (AvgIpc) is 2.56. The molecule has 0 saturated carbocycles. The van der Waals surface area contributed by atoms with E-state index in [1.165, 1.54) is 18.0 Å². The van der Waals surface area contributed by atoms with Crippen molar-refractivity contribution in [2.24, 2.45) is 7.05 Å². The Balaban J connectivity index is 2.82. The van der Waals surface area contributed by atoms with Crippen LogP contribution in [0.2, 0.25) is 0 Å². The summed E-state index contributed by atoms with van der Waals surface area (Å²) in [5.41, 5.74) is 0.490. The maximum Gasteiger partial charge on any atom is 0.186 e. The van der Waals surface area contributed by atoms with Gasteiger partial charge in [-0.2, -0.15) is 5.10 Å². The van der Waals surface area contributed by atoms with Gasteiger partial charge in [0.15, 0.2) is 11.5 Å². The molecule has 5 heteroatoms. The molecular weight excluding hydrogens is 184 g/mol. The van der Waals surface area contributed by atoms with Gasteiger partial charge < -0.3 is 9.47 Å². The molecule has 0 saturated heterocycles. The number of hydrogen-bond donors (Lipinski definition) is 0. The van der Waals surface area contributed by atoms with E-state index in [1.807, 2.05) is 0 Å². The summed E-state index contributed by atoms with van der Waals surface area (Å²) in [6.07, 6.45) is 1.87. The zero-order chi connectivity index (χ0) is 10.6. The Kier molecular flexibility index (Phi) is 3.64. The Hall–Kier alpha value is -1.36. The van der Waals surface area contributed by atoms with Crippen LogP contribution in [-0.4, -0.2) is 36.4 Å². The highest BCUT2D eigenvalue weighted by Crippen LogP contribution is 2.17. The van der Waals surface area contributed by atoms with Crippen LogP contribution >= 0.6 is 0 Å². The number of Topliss-reactive ketones (excluding diaryl/α,β-unsaturated/α-hetero) is 1. The Morgan fingerprint density at radius 1 is 1.57 bits per heavy atom. The van der Waals surface area contributed by atoms with Crippen LogP contribution in [0, 0.1) is 0 Å². The third-order valence-corrected chi connectivity index (χ3v) is 1.92. The third kappa shape index (κ3) is 2.11. The predicted octanol–water partition coefficient (Wildman–Crippen LogP) is 0.648. The molecule has 1 heterocycles. The highest BCUT2D eigenvalue weighted by atomic mass is 16.5. The number of carbonyl (C=O) groups excluding carboxylic acids is 1. The number of methoxy groups -OCH3 is 2. The van der Waals surface area contributed by atoms with E-state index >= 15 is 0 Å². The van der Waals surface area contributed by atoms with Gasteiger partial charge in [-0.1, -0.05) is 0 Å². The molecule has 0 fully saturated rings. The summed E-state index contributed by atoms with van der Waals surface area (Å²) in [7, 11) is 4.79. The lowest BCUT2D eigenvalue weighted by atomic mass is 10.2. The van der Waals surface area contributed by atoms with E-state index in [4.69, 9.17) is 9.47 Å². The maximum atomic E-state index is 11.6. The molecule has 1 aromatic heterocycles. The van der Waals surface area contributed by atoms with Crippen molar-refractivity contribution in [3.8, 4) is 5.75 Å². The van der Waals surface area contributed by atoms with E-state index < -0.39 is 0 Å². The summed E-state index contributed by atoms with van der Waals surface area (Å²) in [6, 6.07) is 0. The fraction of sp³-hybridized carbons (Fsp3) is 0.556. The van der Waals surface area contributed by atoms with E-state index in [2.05, 4.69) is 5.10 Å². The number of carbonyl (C=O) groups is 1. The first-order chi connectivity index (χ1) is 6.70. The molecule has 0 amide bonds. The molecule has 78 valence electrons. The second kappa shape index (κ2) is 4.76. The quantitative estimate of drug-likeness (QED) is 0.652. The standard InChI is InChI=1S/C9H14N2O3/c1-11-9(7(12)4-5-13-2)8(14-3)6-10-11/h6H,4-5H2,1-3H3. The van der Waals surface area contributed by atoms with Gasteiger partial charge in [-0.3, -0.25) is 9.48 Å². The van der Waals surface area contributed by atoms with E-state index in [9.17, 15) is 4.79 Å². The van der Waals surface area contributed by atoms with Gasteiger partial charge in [0.2, 0.25) is 0 Å². The molecule has 0 aromatic carbocycles. The Bertz CT molecular complexity index is 320. The van der Waals surface area contributed by atoms with Gasteiger partial charge in [0.1, 0.15) is 5.69 Å². The van der Waals surface area contributed by atoms with E-state index in [0.29, 0.717) is 24.5 Å². The smallest absolute Gasteiger partial charge is 0.186 e. The summed E-state index contributed by atoms with van der Waals surface area (Å²) in [5.74, 6) is 0.484. The topological polar surface area (TPSA) is 53.4 Å². The fourth-order valence-corrected chi connectivity index (χ4v) is 1.20. The van der Waals surface area contributed by atoms with Crippen molar-refractivity contribution in [1.82, 2.24) is 9.78 Å². The van der Waals surface area contributed by atoms with Gasteiger partial charge >= 0.3 is 0 Å². The molecule has 0 N–H and O–H groups in total. The fourth-order valence-electron chi connectivity index (χ4n) is 1.20. The Morgan fingerprint density at radius 3 is 2.86 bits per heavy atom. The van der Waals surface area contributed by atoms with Gasteiger partial charge in [0.25, 0.3) is 0 Å². The highest BCUT2D eigenvalue weighted by molar-refractivity contribution is 5.97. The molecule has 1 rings (SSSR count). The number of aromatic nitrogens is 2. The minimum absolute atomic E-state index is 0.0244.